The first-order valence-electron chi connectivity index (χ1n) is 5.65. The summed E-state index contributed by atoms with van der Waals surface area (Å²) in [6, 6.07) is 6.08. The van der Waals surface area contributed by atoms with Crippen LogP contribution in [0.4, 0.5) is 0 Å². The lowest BCUT2D eigenvalue weighted by molar-refractivity contribution is 0.409. The van der Waals surface area contributed by atoms with Gasteiger partial charge in [0.25, 0.3) is 0 Å². The summed E-state index contributed by atoms with van der Waals surface area (Å²) in [6.45, 7) is 2.64. The summed E-state index contributed by atoms with van der Waals surface area (Å²) in [5.41, 5.74) is 2.23. The summed E-state index contributed by atoms with van der Waals surface area (Å²) in [6.07, 6.45) is 1.67. The van der Waals surface area contributed by atoms with E-state index in [1.165, 1.54) is 5.56 Å². The standard InChI is InChI=1S/C13H19N3OS/c1-10-5-6-11(12(7-10)17-4)8-14-13(18)15-9-16(2)3/h5-7,9H,8H2,1-4H3,(H,14,18). The molecule has 0 atom stereocenters. The number of hydrogen-bond donors (Lipinski definition) is 1. The number of methoxy groups -OCH3 is 1. The SMILES string of the molecule is COc1cc(C)ccc1CNC(=S)N=CN(C)C. The van der Waals surface area contributed by atoms with E-state index in [0.29, 0.717) is 11.7 Å². The van der Waals surface area contributed by atoms with Gasteiger partial charge in [0, 0.05) is 26.2 Å². The van der Waals surface area contributed by atoms with Crippen molar-refractivity contribution in [2.75, 3.05) is 21.2 Å². The zero-order chi connectivity index (χ0) is 13.5. The molecule has 1 aromatic carbocycles. The monoisotopic (exact) mass is 265 g/mol. The summed E-state index contributed by atoms with van der Waals surface area (Å²) in [7, 11) is 5.46. The molecule has 5 heteroatoms. The van der Waals surface area contributed by atoms with Crippen LogP contribution in [0.1, 0.15) is 11.1 Å². The summed E-state index contributed by atoms with van der Waals surface area (Å²) < 4.78 is 5.33. The minimum absolute atomic E-state index is 0.464. The summed E-state index contributed by atoms with van der Waals surface area (Å²) >= 11 is 5.10. The second kappa shape index (κ2) is 6.96. The largest absolute Gasteiger partial charge is 0.496 e. The third-order valence-corrected chi connectivity index (χ3v) is 2.53. The summed E-state index contributed by atoms with van der Waals surface area (Å²) in [4.78, 5) is 5.93. The minimum Gasteiger partial charge on any atom is -0.496 e. The highest BCUT2D eigenvalue weighted by atomic mass is 32.1. The van der Waals surface area contributed by atoms with E-state index in [9.17, 15) is 0 Å². The van der Waals surface area contributed by atoms with Gasteiger partial charge in [0.05, 0.1) is 13.4 Å². The molecule has 0 saturated heterocycles. The van der Waals surface area contributed by atoms with E-state index < -0.39 is 0 Å². The van der Waals surface area contributed by atoms with Crippen molar-refractivity contribution in [3.05, 3.63) is 29.3 Å². The number of ether oxygens (including phenoxy) is 1. The maximum absolute atomic E-state index is 5.33. The van der Waals surface area contributed by atoms with Crippen LogP contribution in [-0.2, 0) is 6.54 Å². The molecule has 0 aliphatic heterocycles. The third kappa shape index (κ3) is 4.71. The van der Waals surface area contributed by atoms with Crippen molar-refractivity contribution in [2.45, 2.75) is 13.5 Å². The number of benzene rings is 1. The molecule has 0 unspecified atom stereocenters. The second-order valence-electron chi connectivity index (χ2n) is 4.18. The van der Waals surface area contributed by atoms with Crippen molar-refractivity contribution in [2.24, 2.45) is 4.99 Å². The number of nitrogens with one attached hydrogen (secondary N) is 1. The minimum atomic E-state index is 0.464. The van der Waals surface area contributed by atoms with Crippen LogP contribution in [0.2, 0.25) is 0 Å². The zero-order valence-corrected chi connectivity index (χ0v) is 12.0. The Morgan fingerprint density at radius 2 is 2.22 bits per heavy atom. The van der Waals surface area contributed by atoms with E-state index >= 15 is 0 Å². The average Bonchev–Trinajstić information content (AvgIpc) is 2.34. The second-order valence-corrected chi connectivity index (χ2v) is 4.57. The van der Waals surface area contributed by atoms with E-state index in [2.05, 4.69) is 10.3 Å². The highest BCUT2D eigenvalue weighted by molar-refractivity contribution is 7.80. The van der Waals surface area contributed by atoms with Gasteiger partial charge in [-0.05, 0) is 30.8 Å². The highest BCUT2D eigenvalue weighted by Crippen LogP contribution is 2.19. The van der Waals surface area contributed by atoms with Crippen LogP contribution in [0.25, 0.3) is 0 Å². The van der Waals surface area contributed by atoms with E-state index in [1.807, 2.05) is 44.1 Å². The molecule has 0 aliphatic rings. The molecule has 1 aromatic rings. The molecular weight excluding hydrogens is 246 g/mol. The van der Waals surface area contributed by atoms with Gasteiger partial charge in [-0.2, -0.15) is 0 Å². The molecule has 0 heterocycles. The predicted octanol–water partition coefficient (Wildman–Crippen LogP) is 1.97. The average molecular weight is 265 g/mol. The van der Waals surface area contributed by atoms with Crippen LogP contribution in [0, 0.1) is 6.92 Å². The van der Waals surface area contributed by atoms with Gasteiger partial charge in [-0.1, -0.05) is 12.1 Å². The number of thiocarbonyl (C=S) groups is 1. The Balaban J connectivity index is 2.61. The molecule has 0 bridgehead atoms. The molecule has 0 amide bonds. The zero-order valence-electron chi connectivity index (χ0n) is 11.2. The summed E-state index contributed by atoms with van der Waals surface area (Å²) in [5.74, 6) is 0.863. The normalized spacial score (nSPS) is 10.4. The Kier molecular flexibility index (Phi) is 5.58. The van der Waals surface area contributed by atoms with E-state index in [4.69, 9.17) is 17.0 Å². The maximum Gasteiger partial charge on any atom is 0.194 e. The van der Waals surface area contributed by atoms with Gasteiger partial charge in [0.15, 0.2) is 5.11 Å². The fraction of sp³-hybridized carbons (Fsp3) is 0.385. The number of nitrogens with zero attached hydrogens (tertiary/aromatic N) is 2. The van der Waals surface area contributed by atoms with Gasteiger partial charge in [-0.25, -0.2) is 4.99 Å². The van der Waals surface area contributed by atoms with Gasteiger partial charge < -0.3 is 15.0 Å². The molecule has 18 heavy (non-hydrogen) atoms. The lowest BCUT2D eigenvalue weighted by atomic mass is 10.1. The predicted molar refractivity (Wildman–Crippen MR) is 79.3 cm³/mol. The molecule has 98 valence electrons. The van der Waals surface area contributed by atoms with Crippen LogP contribution in [0.15, 0.2) is 23.2 Å². The Bertz CT molecular complexity index is 444. The van der Waals surface area contributed by atoms with Crippen molar-refractivity contribution in [1.82, 2.24) is 10.2 Å². The third-order valence-electron chi connectivity index (χ3n) is 2.28. The van der Waals surface area contributed by atoms with Crippen LogP contribution in [0.3, 0.4) is 0 Å². The number of hydrogen-bond acceptors (Lipinski definition) is 2. The molecule has 4 nitrogen and oxygen atoms in total. The van der Waals surface area contributed by atoms with Crippen molar-refractivity contribution in [1.29, 1.82) is 0 Å². The molecule has 1 N–H and O–H groups in total. The topological polar surface area (TPSA) is 36.9 Å². The molecule has 0 fully saturated rings. The Labute approximate surface area is 114 Å². The van der Waals surface area contributed by atoms with Crippen LogP contribution in [-0.4, -0.2) is 37.6 Å². The number of aliphatic imine (C=N–C) groups is 1. The van der Waals surface area contributed by atoms with Crippen molar-refractivity contribution < 1.29 is 4.74 Å². The molecule has 0 aromatic heterocycles. The van der Waals surface area contributed by atoms with Gasteiger partial charge in [0.2, 0.25) is 0 Å². The van der Waals surface area contributed by atoms with Crippen LogP contribution in [0.5, 0.6) is 5.75 Å². The lowest BCUT2D eigenvalue weighted by Crippen LogP contribution is -2.21. The number of aryl methyl sites for hydroxylation is 1. The molecule has 0 radical (unpaired) electrons. The first-order valence-corrected chi connectivity index (χ1v) is 6.05. The van der Waals surface area contributed by atoms with Gasteiger partial charge in [-0.15, -0.1) is 0 Å². The molecule has 0 aliphatic carbocycles. The Morgan fingerprint density at radius 1 is 1.50 bits per heavy atom. The van der Waals surface area contributed by atoms with Crippen molar-refractivity contribution >= 4 is 23.7 Å². The molecule has 1 rings (SSSR count). The Morgan fingerprint density at radius 3 is 2.83 bits per heavy atom. The van der Waals surface area contributed by atoms with Crippen molar-refractivity contribution in [3.63, 3.8) is 0 Å². The van der Waals surface area contributed by atoms with Gasteiger partial charge in [-0.3, -0.25) is 0 Å². The highest BCUT2D eigenvalue weighted by Gasteiger charge is 2.03. The lowest BCUT2D eigenvalue weighted by Gasteiger charge is -2.10. The van der Waals surface area contributed by atoms with Gasteiger partial charge in [0.1, 0.15) is 5.75 Å². The smallest absolute Gasteiger partial charge is 0.194 e. The quantitative estimate of drug-likeness (QED) is 0.513. The fourth-order valence-corrected chi connectivity index (χ4v) is 1.50. The van der Waals surface area contributed by atoms with Crippen molar-refractivity contribution in [3.8, 4) is 5.75 Å². The van der Waals surface area contributed by atoms with E-state index in [0.717, 1.165) is 11.3 Å². The Hall–Kier alpha value is -1.62. The molecule has 0 spiro atoms. The van der Waals surface area contributed by atoms with Crippen LogP contribution < -0.4 is 10.1 Å². The molecular formula is C13H19N3OS. The summed E-state index contributed by atoms with van der Waals surface area (Å²) in [5, 5.41) is 3.54. The maximum atomic E-state index is 5.33. The fourth-order valence-electron chi connectivity index (χ4n) is 1.38. The molecule has 0 saturated carbocycles. The van der Waals surface area contributed by atoms with Gasteiger partial charge >= 0.3 is 0 Å². The van der Waals surface area contributed by atoms with E-state index in [-0.39, 0.29) is 0 Å². The number of rotatable bonds is 4. The van der Waals surface area contributed by atoms with E-state index in [1.54, 1.807) is 13.4 Å². The van der Waals surface area contributed by atoms with Crippen LogP contribution >= 0.6 is 12.2 Å². The first kappa shape index (κ1) is 14.4. The first-order chi connectivity index (χ1) is 8.52.